The second kappa shape index (κ2) is 58.2. The first-order valence-corrected chi connectivity index (χ1v) is 34.9. The number of quaternary nitrogens is 1. The number of phosphoric ester groups is 1. The largest absolute Gasteiger partial charge is 0.756 e. The van der Waals surface area contributed by atoms with E-state index in [2.05, 4.69) is 62.5 Å². The molecule has 0 aromatic carbocycles. The summed E-state index contributed by atoms with van der Waals surface area (Å²) in [6.45, 7) is 6.85. The third-order valence-electron chi connectivity index (χ3n) is 15.0. The minimum Gasteiger partial charge on any atom is -0.756 e. The van der Waals surface area contributed by atoms with Crippen LogP contribution < -0.4 is 10.2 Å². The van der Waals surface area contributed by atoms with E-state index in [0.29, 0.717) is 17.4 Å². The predicted octanol–water partition coefficient (Wildman–Crippen LogP) is 20.2. The molecule has 3 unspecified atom stereocenters. The summed E-state index contributed by atoms with van der Waals surface area (Å²) in [5.74, 6) is -0.535. The maximum Gasteiger partial charge on any atom is 0.306 e. The number of rotatable bonds is 61. The zero-order chi connectivity index (χ0) is 57.2. The van der Waals surface area contributed by atoms with Crippen LogP contribution in [-0.2, 0) is 27.9 Å². The van der Waals surface area contributed by atoms with Gasteiger partial charge >= 0.3 is 5.97 Å². The summed E-state index contributed by atoms with van der Waals surface area (Å²) in [4.78, 5) is 40.1. The quantitative estimate of drug-likeness (QED) is 0.0212. The normalized spacial score (nSPS) is 13.9. The van der Waals surface area contributed by atoms with Gasteiger partial charge in [0.1, 0.15) is 19.3 Å². The molecule has 0 radical (unpaired) electrons. The Kier molecular flexibility index (Phi) is 56.7. The van der Waals surface area contributed by atoms with Crippen LogP contribution in [0.1, 0.15) is 323 Å². The molecule has 0 heterocycles. The maximum absolute atomic E-state index is 13.6. The van der Waals surface area contributed by atoms with E-state index in [4.69, 9.17) is 13.8 Å². The highest BCUT2D eigenvalue weighted by Gasteiger charge is 2.27. The lowest BCUT2D eigenvalue weighted by molar-refractivity contribution is -0.870. The molecule has 0 bridgehead atoms. The topological polar surface area (TPSA) is 114 Å². The second-order valence-electron chi connectivity index (χ2n) is 24.0. The van der Waals surface area contributed by atoms with Crippen LogP contribution in [0.15, 0.2) is 48.6 Å². The smallest absolute Gasteiger partial charge is 0.306 e. The van der Waals surface area contributed by atoms with E-state index in [1.54, 1.807) is 0 Å². The number of hydrogen-bond donors (Lipinski definition) is 1. The number of unbranched alkanes of at least 4 members (excludes halogenated alkanes) is 39. The number of nitrogens with one attached hydrogen (secondary N) is 1. The number of carbonyl (C=O) groups excluding carboxylic acids is 2. The van der Waals surface area contributed by atoms with Crippen LogP contribution in [0.25, 0.3) is 0 Å². The molecule has 9 nitrogen and oxygen atoms in total. The Hall–Kier alpha value is -2.03. The van der Waals surface area contributed by atoms with Gasteiger partial charge in [0.2, 0.25) is 5.91 Å². The van der Waals surface area contributed by atoms with Crippen molar-refractivity contribution < 1.29 is 37.3 Å². The average Bonchev–Trinajstić information content (AvgIpc) is 3.40. The van der Waals surface area contributed by atoms with Gasteiger partial charge < -0.3 is 28.5 Å². The lowest BCUT2D eigenvalue weighted by Crippen LogP contribution is -2.47. The van der Waals surface area contributed by atoms with E-state index in [-0.39, 0.29) is 31.5 Å². The minimum absolute atomic E-state index is 0.0225. The van der Waals surface area contributed by atoms with Gasteiger partial charge in [-0.15, -0.1) is 0 Å². The van der Waals surface area contributed by atoms with E-state index in [0.717, 1.165) is 77.0 Å². The molecule has 0 fully saturated rings. The molecule has 0 aliphatic rings. The van der Waals surface area contributed by atoms with Gasteiger partial charge in [-0.05, 0) is 89.5 Å². The van der Waals surface area contributed by atoms with Crippen molar-refractivity contribution in [2.45, 2.75) is 335 Å². The number of hydrogen-bond acceptors (Lipinski definition) is 7. The Morgan fingerprint density at radius 3 is 1.19 bits per heavy atom. The molecule has 1 N–H and O–H groups in total. The molecular weight excluding hydrogens is 988 g/mol. The van der Waals surface area contributed by atoms with Crippen molar-refractivity contribution in [3.63, 3.8) is 0 Å². The van der Waals surface area contributed by atoms with Crippen LogP contribution in [-0.4, -0.2) is 69.4 Å². The first kappa shape index (κ1) is 76.0. The zero-order valence-corrected chi connectivity index (χ0v) is 53.3. The highest BCUT2D eigenvalue weighted by Crippen LogP contribution is 2.38. The molecule has 0 aromatic rings. The standard InChI is InChI=1S/C68H129N2O7P/c1-7-10-13-16-19-22-25-28-30-32-34-35-37-39-41-43-46-49-52-55-58-61-68(72)77-66(59-56-53-50-47-44-27-24-21-18-15-12-9-3)65(64-76-78(73,74)75-63-62-70(4,5)6)69-67(71)60-57-54-51-48-45-42-40-38-36-33-31-29-26-23-20-17-14-11-8-2/h20,23,28-31,56,59,65-66H,7-19,21-22,24-27,32-55,57-58,60-64H2,1-6H3,(H-,69,71,73,74)/b23-20-,30-28+,31-29-,59-56+. The fourth-order valence-electron chi connectivity index (χ4n) is 9.78. The third kappa shape index (κ3) is 58.6. The summed E-state index contributed by atoms with van der Waals surface area (Å²) in [7, 11) is 1.19. The van der Waals surface area contributed by atoms with Crippen LogP contribution in [0, 0.1) is 0 Å². The van der Waals surface area contributed by atoms with Gasteiger partial charge in [-0.2, -0.15) is 0 Å². The molecular formula is C68H129N2O7P. The number of phosphoric acid groups is 1. The second-order valence-corrected chi connectivity index (χ2v) is 25.4. The number of amides is 1. The molecule has 0 aromatic heterocycles. The maximum atomic E-state index is 13.6. The molecule has 0 rings (SSSR count). The zero-order valence-electron chi connectivity index (χ0n) is 52.4. The van der Waals surface area contributed by atoms with E-state index >= 15 is 0 Å². The summed E-state index contributed by atoms with van der Waals surface area (Å²) in [6, 6.07) is -0.890. The number of esters is 1. The van der Waals surface area contributed by atoms with Gasteiger partial charge in [-0.3, -0.25) is 14.2 Å². The van der Waals surface area contributed by atoms with Crippen LogP contribution in [0.3, 0.4) is 0 Å². The Morgan fingerprint density at radius 2 is 0.782 bits per heavy atom. The van der Waals surface area contributed by atoms with Crippen LogP contribution in [0.5, 0.6) is 0 Å². The molecule has 10 heteroatoms. The number of carbonyl (C=O) groups is 2. The lowest BCUT2D eigenvalue weighted by atomic mass is 10.0. The van der Waals surface area contributed by atoms with E-state index < -0.39 is 20.0 Å². The molecule has 0 spiro atoms. The van der Waals surface area contributed by atoms with Gasteiger partial charge in [0.15, 0.2) is 0 Å². The summed E-state index contributed by atoms with van der Waals surface area (Å²) in [6.07, 6.45) is 72.2. The summed E-state index contributed by atoms with van der Waals surface area (Å²) >= 11 is 0. The van der Waals surface area contributed by atoms with Crippen LogP contribution >= 0.6 is 7.82 Å². The number of nitrogens with zero attached hydrogens (tertiary/aromatic N) is 1. The lowest BCUT2D eigenvalue weighted by Gasteiger charge is -2.30. The van der Waals surface area contributed by atoms with Gasteiger partial charge in [-0.25, -0.2) is 0 Å². The van der Waals surface area contributed by atoms with Gasteiger partial charge in [0, 0.05) is 12.8 Å². The first-order valence-electron chi connectivity index (χ1n) is 33.4. The highest BCUT2D eigenvalue weighted by atomic mass is 31.2. The van der Waals surface area contributed by atoms with Crippen molar-refractivity contribution in [3.05, 3.63) is 48.6 Å². The van der Waals surface area contributed by atoms with Crippen LogP contribution in [0.2, 0.25) is 0 Å². The van der Waals surface area contributed by atoms with Crippen LogP contribution in [0.4, 0.5) is 0 Å². The number of allylic oxidation sites excluding steroid dienone is 7. The SMILES string of the molecule is CCCCC/C=C\C/C=C\CCCCCCCCCCCC(=O)NC(COP(=O)([O-])OCC[N+](C)(C)C)C(/C=C/CCCCCCCCCCCC)OC(=O)CCCCCCCCCCCCC/C=C/CCCCCCCC. The molecule has 0 saturated heterocycles. The average molecular weight is 1120 g/mol. The molecule has 0 saturated carbocycles. The molecule has 0 aliphatic carbocycles. The first-order chi connectivity index (χ1) is 37.9. The molecule has 3 atom stereocenters. The Balaban J connectivity index is 5.15. The third-order valence-corrected chi connectivity index (χ3v) is 15.9. The number of ether oxygens (including phenoxy) is 1. The number of likely N-dealkylation sites (N-methyl/N-ethyl adjacent to an activating group) is 1. The van der Waals surface area contributed by atoms with Crippen molar-refractivity contribution in [2.75, 3.05) is 40.9 Å². The monoisotopic (exact) mass is 1120 g/mol. The summed E-state index contributed by atoms with van der Waals surface area (Å²) in [5.41, 5.74) is 0. The van der Waals surface area contributed by atoms with Gasteiger partial charge in [0.05, 0.1) is 33.8 Å². The van der Waals surface area contributed by atoms with Crippen molar-refractivity contribution in [3.8, 4) is 0 Å². The minimum atomic E-state index is -4.70. The van der Waals surface area contributed by atoms with Gasteiger partial charge in [0.25, 0.3) is 7.82 Å². The summed E-state index contributed by atoms with van der Waals surface area (Å²) in [5, 5.41) is 3.04. The molecule has 458 valence electrons. The Morgan fingerprint density at radius 1 is 0.449 bits per heavy atom. The molecule has 78 heavy (non-hydrogen) atoms. The van der Waals surface area contributed by atoms with Crippen molar-refractivity contribution in [1.29, 1.82) is 0 Å². The Labute approximate surface area is 484 Å². The Bertz CT molecular complexity index is 1470. The van der Waals surface area contributed by atoms with Crippen molar-refractivity contribution in [1.82, 2.24) is 5.32 Å². The van der Waals surface area contributed by atoms with E-state index in [1.807, 2.05) is 33.3 Å². The highest BCUT2D eigenvalue weighted by molar-refractivity contribution is 7.45. The van der Waals surface area contributed by atoms with Crippen molar-refractivity contribution >= 4 is 19.7 Å². The molecule has 1 amide bonds. The molecule has 0 aliphatic heterocycles. The van der Waals surface area contributed by atoms with Crippen molar-refractivity contribution in [2.24, 2.45) is 0 Å². The van der Waals surface area contributed by atoms with E-state index in [1.165, 1.54) is 212 Å². The van der Waals surface area contributed by atoms with E-state index in [9.17, 15) is 19.0 Å². The van der Waals surface area contributed by atoms with Gasteiger partial charge in [-0.1, -0.05) is 269 Å². The fraction of sp³-hybridized carbons (Fsp3) is 0.853. The summed E-state index contributed by atoms with van der Waals surface area (Å²) < 4.78 is 30.4. The fourth-order valence-corrected chi connectivity index (χ4v) is 10.5. The predicted molar refractivity (Wildman–Crippen MR) is 335 cm³/mol.